The Balaban J connectivity index is 2.79. The van der Waals surface area contributed by atoms with E-state index in [1.54, 1.807) is 6.92 Å². The first-order chi connectivity index (χ1) is 7.57. The molecule has 0 fully saturated rings. The van der Waals surface area contributed by atoms with E-state index in [-0.39, 0.29) is 11.5 Å². The number of carbonyl (C=O) groups is 1. The van der Waals surface area contributed by atoms with Crippen molar-refractivity contribution in [3.63, 3.8) is 0 Å². The molecule has 1 aromatic carbocycles. The molecular weight excluding hydrogens is 204 g/mol. The Morgan fingerprint density at radius 1 is 1.38 bits per heavy atom. The summed E-state index contributed by atoms with van der Waals surface area (Å²) in [7, 11) is 1.30. The summed E-state index contributed by atoms with van der Waals surface area (Å²) in [5.74, 6) is -0.850. The smallest absolute Gasteiger partial charge is 0.333 e. The van der Waals surface area contributed by atoms with Gasteiger partial charge in [0.2, 0.25) is 0 Å². The Morgan fingerprint density at radius 3 is 2.44 bits per heavy atom. The van der Waals surface area contributed by atoms with Crippen molar-refractivity contribution in [3.05, 3.63) is 48.0 Å². The van der Waals surface area contributed by atoms with E-state index in [0.717, 1.165) is 5.56 Å². The van der Waals surface area contributed by atoms with Gasteiger partial charge < -0.3 is 9.84 Å². The van der Waals surface area contributed by atoms with Gasteiger partial charge in [-0.15, -0.1) is 0 Å². The van der Waals surface area contributed by atoms with Crippen LogP contribution in [0.15, 0.2) is 42.5 Å². The third kappa shape index (κ3) is 2.70. The van der Waals surface area contributed by atoms with Crippen LogP contribution in [0.4, 0.5) is 0 Å². The Morgan fingerprint density at radius 2 is 1.94 bits per heavy atom. The molecule has 3 heteroatoms. The monoisotopic (exact) mass is 220 g/mol. The van der Waals surface area contributed by atoms with Crippen LogP contribution in [0.25, 0.3) is 0 Å². The predicted octanol–water partition coefficient (Wildman–Crippen LogP) is 2.09. The molecule has 0 aliphatic carbocycles. The van der Waals surface area contributed by atoms with Crippen LogP contribution >= 0.6 is 0 Å². The van der Waals surface area contributed by atoms with Crippen LogP contribution < -0.4 is 0 Å². The number of benzene rings is 1. The molecule has 0 aliphatic rings. The first kappa shape index (κ1) is 12.5. The van der Waals surface area contributed by atoms with Gasteiger partial charge >= 0.3 is 5.97 Å². The van der Waals surface area contributed by atoms with E-state index in [1.807, 2.05) is 30.3 Å². The van der Waals surface area contributed by atoms with Gasteiger partial charge in [-0.3, -0.25) is 0 Å². The molecule has 0 aromatic heterocycles. The molecule has 0 unspecified atom stereocenters. The van der Waals surface area contributed by atoms with Crippen molar-refractivity contribution in [1.82, 2.24) is 0 Å². The third-order valence-corrected chi connectivity index (χ3v) is 2.61. The largest absolute Gasteiger partial charge is 0.466 e. The van der Waals surface area contributed by atoms with Crippen molar-refractivity contribution in [2.24, 2.45) is 5.92 Å². The Labute approximate surface area is 95.4 Å². The van der Waals surface area contributed by atoms with Crippen LogP contribution in [-0.2, 0) is 9.53 Å². The second-order valence-electron chi connectivity index (χ2n) is 3.66. The molecule has 86 valence electrons. The van der Waals surface area contributed by atoms with Crippen LogP contribution in [0.1, 0.15) is 18.6 Å². The minimum absolute atomic E-state index is 0.277. The Kier molecular flexibility index (Phi) is 4.26. The van der Waals surface area contributed by atoms with Crippen molar-refractivity contribution in [3.8, 4) is 0 Å². The summed E-state index contributed by atoms with van der Waals surface area (Å²) >= 11 is 0. The summed E-state index contributed by atoms with van der Waals surface area (Å²) in [6.07, 6.45) is -0.743. The summed E-state index contributed by atoms with van der Waals surface area (Å²) in [6, 6.07) is 9.17. The average molecular weight is 220 g/mol. The SMILES string of the molecule is C=C(C(=O)OC)[C@H](C)[C@H](O)c1ccccc1. The average Bonchev–Trinajstić information content (AvgIpc) is 2.36. The fourth-order valence-corrected chi connectivity index (χ4v) is 1.45. The fourth-order valence-electron chi connectivity index (χ4n) is 1.45. The van der Waals surface area contributed by atoms with E-state index in [2.05, 4.69) is 11.3 Å². The topological polar surface area (TPSA) is 46.5 Å². The molecule has 1 rings (SSSR count). The van der Waals surface area contributed by atoms with Crippen LogP contribution in [0.2, 0.25) is 0 Å². The third-order valence-electron chi connectivity index (χ3n) is 2.61. The molecule has 0 bridgehead atoms. The summed E-state index contributed by atoms with van der Waals surface area (Å²) < 4.78 is 4.57. The van der Waals surface area contributed by atoms with E-state index in [4.69, 9.17) is 0 Å². The first-order valence-electron chi connectivity index (χ1n) is 5.08. The van der Waals surface area contributed by atoms with Gasteiger partial charge in [0, 0.05) is 11.5 Å². The molecule has 0 saturated heterocycles. The molecule has 0 radical (unpaired) electrons. The lowest BCUT2D eigenvalue weighted by atomic mass is 9.91. The van der Waals surface area contributed by atoms with Gasteiger partial charge in [0.1, 0.15) is 0 Å². The normalized spacial score (nSPS) is 13.9. The van der Waals surface area contributed by atoms with Gasteiger partial charge in [-0.2, -0.15) is 0 Å². The number of aliphatic hydroxyl groups excluding tert-OH is 1. The molecule has 0 aliphatic heterocycles. The fraction of sp³-hybridized carbons (Fsp3) is 0.308. The van der Waals surface area contributed by atoms with E-state index in [9.17, 15) is 9.90 Å². The minimum Gasteiger partial charge on any atom is -0.466 e. The number of methoxy groups -OCH3 is 1. The highest BCUT2D eigenvalue weighted by Gasteiger charge is 2.23. The molecule has 1 N–H and O–H groups in total. The Hall–Kier alpha value is -1.61. The van der Waals surface area contributed by atoms with Crippen LogP contribution in [0.5, 0.6) is 0 Å². The number of esters is 1. The number of hydrogen-bond donors (Lipinski definition) is 1. The van der Waals surface area contributed by atoms with Gasteiger partial charge in [0.15, 0.2) is 0 Å². The molecular formula is C13H16O3. The zero-order valence-electron chi connectivity index (χ0n) is 9.51. The zero-order valence-corrected chi connectivity index (χ0v) is 9.51. The Bertz CT molecular complexity index is 370. The molecule has 3 nitrogen and oxygen atoms in total. The van der Waals surface area contributed by atoms with Gasteiger partial charge in [0.05, 0.1) is 13.2 Å². The van der Waals surface area contributed by atoms with Crippen LogP contribution in [0, 0.1) is 5.92 Å². The molecule has 0 heterocycles. The lowest BCUT2D eigenvalue weighted by Gasteiger charge is -2.19. The van der Waals surface area contributed by atoms with Crippen LogP contribution in [0.3, 0.4) is 0 Å². The molecule has 0 spiro atoms. The lowest BCUT2D eigenvalue weighted by molar-refractivity contribution is -0.137. The van der Waals surface area contributed by atoms with E-state index < -0.39 is 12.1 Å². The van der Waals surface area contributed by atoms with E-state index in [1.165, 1.54) is 7.11 Å². The van der Waals surface area contributed by atoms with Gasteiger partial charge in [-0.1, -0.05) is 43.8 Å². The quantitative estimate of drug-likeness (QED) is 0.624. The first-order valence-corrected chi connectivity index (χ1v) is 5.08. The zero-order chi connectivity index (χ0) is 12.1. The number of ether oxygens (including phenoxy) is 1. The maximum Gasteiger partial charge on any atom is 0.333 e. The highest BCUT2D eigenvalue weighted by molar-refractivity contribution is 5.88. The second kappa shape index (κ2) is 5.47. The highest BCUT2D eigenvalue weighted by atomic mass is 16.5. The van der Waals surface area contributed by atoms with Gasteiger partial charge in [-0.05, 0) is 5.56 Å². The summed E-state index contributed by atoms with van der Waals surface area (Å²) in [5.41, 5.74) is 1.04. The lowest BCUT2D eigenvalue weighted by Crippen LogP contribution is -2.17. The maximum absolute atomic E-state index is 11.3. The van der Waals surface area contributed by atoms with Gasteiger partial charge in [-0.25, -0.2) is 4.79 Å². The second-order valence-corrected chi connectivity index (χ2v) is 3.66. The van der Waals surface area contributed by atoms with Crippen LogP contribution in [-0.4, -0.2) is 18.2 Å². The maximum atomic E-state index is 11.3. The minimum atomic E-state index is -0.743. The van der Waals surface area contributed by atoms with Crippen molar-refractivity contribution >= 4 is 5.97 Å². The number of hydrogen-bond acceptors (Lipinski definition) is 3. The predicted molar refractivity (Wildman–Crippen MR) is 61.7 cm³/mol. The molecule has 1 aromatic rings. The summed E-state index contributed by atoms with van der Waals surface area (Å²) in [6.45, 7) is 5.38. The van der Waals surface area contributed by atoms with E-state index >= 15 is 0 Å². The van der Waals surface area contributed by atoms with Crippen molar-refractivity contribution in [2.45, 2.75) is 13.0 Å². The number of carbonyl (C=O) groups excluding carboxylic acids is 1. The molecule has 2 atom stereocenters. The molecule has 16 heavy (non-hydrogen) atoms. The van der Waals surface area contributed by atoms with Gasteiger partial charge in [0.25, 0.3) is 0 Å². The van der Waals surface area contributed by atoms with Crippen molar-refractivity contribution < 1.29 is 14.6 Å². The molecule has 0 amide bonds. The van der Waals surface area contributed by atoms with Crippen molar-refractivity contribution in [2.75, 3.05) is 7.11 Å². The molecule has 0 saturated carbocycles. The van der Waals surface area contributed by atoms with E-state index in [0.29, 0.717) is 0 Å². The summed E-state index contributed by atoms with van der Waals surface area (Å²) in [5, 5.41) is 10.0. The number of rotatable bonds is 4. The summed E-state index contributed by atoms with van der Waals surface area (Å²) in [4.78, 5) is 11.3. The highest BCUT2D eigenvalue weighted by Crippen LogP contribution is 2.26. The number of aliphatic hydroxyl groups is 1. The standard InChI is InChI=1S/C13H16O3/c1-9(10(2)13(15)16-3)12(14)11-7-5-4-6-8-11/h4-9,12,14H,2H2,1,3H3/t9-,12-/m0/s1. The van der Waals surface area contributed by atoms with Crippen molar-refractivity contribution in [1.29, 1.82) is 0 Å².